The van der Waals surface area contributed by atoms with Crippen molar-refractivity contribution in [1.29, 1.82) is 0 Å². The van der Waals surface area contributed by atoms with Crippen molar-refractivity contribution in [2.45, 2.75) is 46.0 Å². The van der Waals surface area contributed by atoms with E-state index < -0.39 is 0 Å². The molecule has 0 bridgehead atoms. The molecule has 3 rings (SSSR count). The third-order valence-corrected chi connectivity index (χ3v) is 4.02. The van der Waals surface area contributed by atoms with Crippen LogP contribution in [0.25, 0.3) is 5.69 Å². The summed E-state index contributed by atoms with van der Waals surface area (Å²) in [6.07, 6.45) is 5.46. The van der Waals surface area contributed by atoms with Gasteiger partial charge in [0.1, 0.15) is 0 Å². The number of rotatable bonds is 1. The highest BCUT2D eigenvalue weighted by atomic mass is 16.1. The normalized spacial score (nSPS) is 15.1. The number of aromatic amines is 1. The molecule has 1 N–H and O–H groups in total. The number of fused-ring (bicyclic) bond motifs is 1. The maximum absolute atomic E-state index is 12.5. The minimum Gasteiger partial charge on any atom is -0.295 e. The molecular formula is C16H20N2O. The summed E-state index contributed by atoms with van der Waals surface area (Å²) < 4.78 is 1.73. The number of nitrogens with zero attached hydrogens (tertiary/aromatic N) is 1. The van der Waals surface area contributed by atoms with Crippen LogP contribution in [0.2, 0.25) is 0 Å². The first kappa shape index (κ1) is 12.3. The molecule has 0 saturated carbocycles. The SMILES string of the molecule is Cc1ccc(-n2[nH]c3c(c2=O)CCCCC3)c(C)c1. The second-order valence-electron chi connectivity index (χ2n) is 5.56. The summed E-state index contributed by atoms with van der Waals surface area (Å²) in [5, 5.41) is 3.32. The first-order valence-electron chi connectivity index (χ1n) is 7.07. The van der Waals surface area contributed by atoms with E-state index in [-0.39, 0.29) is 5.56 Å². The molecule has 1 aliphatic rings. The fourth-order valence-corrected chi connectivity index (χ4v) is 2.99. The Balaban J connectivity index is 2.13. The first-order chi connectivity index (χ1) is 9.16. The zero-order chi connectivity index (χ0) is 13.4. The number of benzene rings is 1. The number of H-pyrrole nitrogens is 1. The lowest BCUT2D eigenvalue weighted by atomic mass is 10.1. The zero-order valence-corrected chi connectivity index (χ0v) is 11.6. The number of aromatic nitrogens is 2. The average Bonchev–Trinajstić information content (AvgIpc) is 2.57. The Bertz CT molecular complexity index is 664. The summed E-state index contributed by atoms with van der Waals surface area (Å²) in [5.74, 6) is 0. The molecule has 0 aliphatic heterocycles. The maximum Gasteiger partial charge on any atom is 0.274 e. The largest absolute Gasteiger partial charge is 0.295 e. The highest BCUT2D eigenvalue weighted by Gasteiger charge is 2.17. The summed E-state index contributed by atoms with van der Waals surface area (Å²) in [6.45, 7) is 4.13. The molecule has 0 saturated heterocycles. The number of aryl methyl sites for hydroxylation is 3. The lowest BCUT2D eigenvalue weighted by Gasteiger charge is -2.07. The molecule has 3 nitrogen and oxygen atoms in total. The molecule has 2 aromatic rings. The van der Waals surface area contributed by atoms with Crippen LogP contribution < -0.4 is 5.56 Å². The van der Waals surface area contributed by atoms with Crippen LogP contribution in [0.5, 0.6) is 0 Å². The van der Waals surface area contributed by atoms with Gasteiger partial charge in [-0.3, -0.25) is 9.89 Å². The van der Waals surface area contributed by atoms with Gasteiger partial charge < -0.3 is 0 Å². The van der Waals surface area contributed by atoms with Crippen molar-refractivity contribution >= 4 is 0 Å². The third-order valence-electron chi connectivity index (χ3n) is 4.02. The van der Waals surface area contributed by atoms with Crippen molar-refractivity contribution in [3.63, 3.8) is 0 Å². The van der Waals surface area contributed by atoms with E-state index in [1.54, 1.807) is 4.68 Å². The fourth-order valence-electron chi connectivity index (χ4n) is 2.99. The standard InChI is InChI=1S/C16H20N2O/c1-11-8-9-15(12(2)10-11)18-16(19)13-6-4-3-5-7-14(13)17-18/h8-10,17H,3-7H2,1-2H3. The van der Waals surface area contributed by atoms with Crippen LogP contribution in [0, 0.1) is 13.8 Å². The van der Waals surface area contributed by atoms with E-state index in [1.165, 1.54) is 18.4 Å². The summed E-state index contributed by atoms with van der Waals surface area (Å²) in [5.41, 5.74) is 5.62. The van der Waals surface area contributed by atoms with Crippen LogP contribution in [-0.4, -0.2) is 9.78 Å². The Morgan fingerprint density at radius 2 is 1.89 bits per heavy atom. The molecule has 1 aromatic carbocycles. The second-order valence-corrected chi connectivity index (χ2v) is 5.56. The summed E-state index contributed by atoms with van der Waals surface area (Å²) in [7, 11) is 0. The van der Waals surface area contributed by atoms with Gasteiger partial charge in [0, 0.05) is 11.3 Å². The van der Waals surface area contributed by atoms with Gasteiger partial charge in [-0.15, -0.1) is 0 Å². The van der Waals surface area contributed by atoms with Crippen LogP contribution in [-0.2, 0) is 12.8 Å². The van der Waals surface area contributed by atoms with Gasteiger partial charge in [-0.25, -0.2) is 4.68 Å². The second kappa shape index (κ2) is 4.72. The van der Waals surface area contributed by atoms with Crippen molar-refractivity contribution in [3.8, 4) is 5.69 Å². The van der Waals surface area contributed by atoms with E-state index >= 15 is 0 Å². The van der Waals surface area contributed by atoms with Crippen molar-refractivity contribution in [2.75, 3.05) is 0 Å². The zero-order valence-electron chi connectivity index (χ0n) is 11.6. The molecule has 1 heterocycles. The third kappa shape index (κ3) is 2.14. The lowest BCUT2D eigenvalue weighted by Crippen LogP contribution is -2.18. The Kier molecular flexibility index (Phi) is 3.05. The average molecular weight is 256 g/mol. The minimum absolute atomic E-state index is 0.142. The van der Waals surface area contributed by atoms with E-state index in [2.05, 4.69) is 31.1 Å². The smallest absolute Gasteiger partial charge is 0.274 e. The molecule has 0 unspecified atom stereocenters. The van der Waals surface area contributed by atoms with Crippen LogP contribution >= 0.6 is 0 Å². The summed E-state index contributed by atoms with van der Waals surface area (Å²) in [4.78, 5) is 12.5. The van der Waals surface area contributed by atoms with Gasteiger partial charge in [-0.05, 0) is 51.2 Å². The predicted molar refractivity (Wildman–Crippen MR) is 77.1 cm³/mol. The van der Waals surface area contributed by atoms with Crippen molar-refractivity contribution in [2.24, 2.45) is 0 Å². The predicted octanol–water partition coefficient (Wildman–Crippen LogP) is 3.05. The molecule has 3 heteroatoms. The van der Waals surface area contributed by atoms with Crippen LogP contribution in [0.3, 0.4) is 0 Å². The van der Waals surface area contributed by atoms with Gasteiger partial charge in [0.25, 0.3) is 5.56 Å². The van der Waals surface area contributed by atoms with Crippen LogP contribution in [0.1, 0.15) is 41.6 Å². The highest BCUT2D eigenvalue weighted by molar-refractivity contribution is 5.42. The van der Waals surface area contributed by atoms with E-state index in [4.69, 9.17) is 0 Å². The van der Waals surface area contributed by atoms with Crippen molar-refractivity contribution in [1.82, 2.24) is 9.78 Å². The van der Waals surface area contributed by atoms with Crippen LogP contribution in [0.15, 0.2) is 23.0 Å². The van der Waals surface area contributed by atoms with Gasteiger partial charge in [0.05, 0.1) is 5.69 Å². The number of hydrogen-bond acceptors (Lipinski definition) is 1. The van der Waals surface area contributed by atoms with E-state index in [0.717, 1.165) is 41.8 Å². The monoisotopic (exact) mass is 256 g/mol. The summed E-state index contributed by atoms with van der Waals surface area (Å²) >= 11 is 0. The molecule has 0 atom stereocenters. The molecule has 19 heavy (non-hydrogen) atoms. The Morgan fingerprint density at radius 1 is 1.11 bits per heavy atom. The topological polar surface area (TPSA) is 37.8 Å². The quantitative estimate of drug-likeness (QED) is 0.782. The number of nitrogens with one attached hydrogen (secondary N) is 1. The molecule has 1 aliphatic carbocycles. The molecule has 0 spiro atoms. The molecule has 100 valence electrons. The number of hydrogen-bond donors (Lipinski definition) is 1. The minimum atomic E-state index is 0.142. The Hall–Kier alpha value is -1.77. The Labute approximate surface area is 113 Å². The van der Waals surface area contributed by atoms with Crippen molar-refractivity contribution in [3.05, 3.63) is 50.9 Å². The van der Waals surface area contributed by atoms with Crippen molar-refractivity contribution < 1.29 is 0 Å². The van der Waals surface area contributed by atoms with Gasteiger partial charge in [0.15, 0.2) is 0 Å². The van der Waals surface area contributed by atoms with Gasteiger partial charge in [0.2, 0.25) is 0 Å². The molecule has 1 aromatic heterocycles. The van der Waals surface area contributed by atoms with Gasteiger partial charge in [-0.1, -0.05) is 24.1 Å². The fraction of sp³-hybridized carbons (Fsp3) is 0.438. The first-order valence-corrected chi connectivity index (χ1v) is 7.07. The van der Waals surface area contributed by atoms with E-state index in [9.17, 15) is 4.79 Å². The molecule has 0 radical (unpaired) electrons. The van der Waals surface area contributed by atoms with Gasteiger partial charge >= 0.3 is 0 Å². The summed E-state index contributed by atoms with van der Waals surface area (Å²) in [6, 6.07) is 6.20. The van der Waals surface area contributed by atoms with Crippen LogP contribution in [0.4, 0.5) is 0 Å². The maximum atomic E-state index is 12.5. The molecule has 0 fully saturated rings. The highest BCUT2D eigenvalue weighted by Crippen LogP contribution is 2.19. The van der Waals surface area contributed by atoms with E-state index in [1.807, 2.05) is 6.07 Å². The Morgan fingerprint density at radius 3 is 2.68 bits per heavy atom. The lowest BCUT2D eigenvalue weighted by molar-refractivity contribution is 0.689. The van der Waals surface area contributed by atoms with E-state index in [0.29, 0.717) is 0 Å². The molecule has 0 amide bonds. The van der Waals surface area contributed by atoms with Gasteiger partial charge in [-0.2, -0.15) is 0 Å². The molecular weight excluding hydrogens is 236 g/mol.